The lowest BCUT2D eigenvalue weighted by atomic mass is 10.2. The van der Waals surface area contributed by atoms with Crippen LogP contribution in [0.3, 0.4) is 0 Å². The highest BCUT2D eigenvalue weighted by Crippen LogP contribution is 2.31. The van der Waals surface area contributed by atoms with Gasteiger partial charge < -0.3 is 10.2 Å². The maximum atomic E-state index is 12.5. The SMILES string of the molecule is O=C(Nc1cccc(C(F)(F)F)c1)N1CCCC1S. The minimum atomic E-state index is -4.42. The van der Waals surface area contributed by atoms with Crippen LogP contribution < -0.4 is 5.32 Å². The zero-order valence-corrected chi connectivity index (χ0v) is 10.8. The van der Waals surface area contributed by atoms with Gasteiger partial charge >= 0.3 is 12.2 Å². The first-order chi connectivity index (χ1) is 8.88. The lowest BCUT2D eigenvalue weighted by Crippen LogP contribution is -2.36. The third-order valence-corrected chi connectivity index (χ3v) is 3.46. The van der Waals surface area contributed by atoms with E-state index in [0.717, 1.165) is 25.0 Å². The highest BCUT2D eigenvalue weighted by molar-refractivity contribution is 7.80. The second-order valence-corrected chi connectivity index (χ2v) is 4.92. The molecule has 2 rings (SSSR count). The summed E-state index contributed by atoms with van der Waals surface area (Å²) in [6, 6.07) is 4.16. The number of hydrogen-bond donors (Lipinski definition) is 2. The van der Waals surface area contributed by atoms with Crippen LogP contribution in [0.4, 0.5) is 23.7 Å². The highest BCUT2D eigenvalue weighted by Gasteiger charge is 2.31. The second kappa shape index (κ2) is 5.32. The van der Waals surface area contributed by atoms with Crippen LogP contribution in [-0.2, 0) is 6.18 Å². The van der Waals surface area contributed by atoms with Crippen molar-refractivity contribution < 1.29 is 18.0 Å². The summed E-state index contributed by atoms with van der Waals surface area (Å²) < 4.78 is 37.6. The number of thiol groups is 1. The smallest absolute Gasteiger partial charge is 0.313 e. The van der Waals surface area contributed by atoms with Crippen molar-refractivity contribution in [3.8, 4) is 0 Å². The van der Waals surface area contributed by atoms with Crippen LogP contribution in [0.1, 0.15) is 18.4 Å². The number of likely N-dealkylation sites (tertiary alicyclic amines) is 1. The van der Waals surface area contributed by atoms with Crippen LogP contribution in [0, 0.1) is 0 Å². The van der Waals surface area contributed by atoms with Crippen molar-refractivity contribution >= 4 is 24.3 Å². The van der Waals surface area contributed by atoms with Gasteiger partial charge in [-0.1, -0.05) is 6.07 Å². The zero-order valence-electron chi connectivity index (χ0n) is 9.94. The fourth-order valence-electron chi connectivity index (χ4n) is 1.95. The highest BCUT2D eigenvalue weighted by atomic mass is 32.1. The van der Waals surface area contributed by atoms with Gasteiger partial charge in [0, 0.05) is 12.2 Å². The molecule has 19 heavy (non-hydrogen) atoms. The van der Waals surface area contributed by atoms with E-state index < -0.39 is 17.8 Å². The Morgan fingerprint density at radius 2 is 2.16 bits per heavy atom. The van der Waals surface area contributed by atoms with Gasteiger partial charge in [0.25, 0.3) is 0 Å². The molecule has 1 N–H and O–H groups in total. The minimum Gasteiger partial charge on any atom is -0.313 e. The van der Waals surface area contributed by atoms with Crippen molar-refractivity contribution in [1.82, 2.24) is 4.90 Å². The maximum Gasteiger partial charge on any atom is 0.416 e. The van der Waals surface area contributed by atoms with E-state index >= 15 is 0 Å². The molecule has 0 saturated carbocycles. The van der Waals surface area contributed by atoms with Crippen LogP contribution in [0.25, 0.3) is 0 Å². The number of halogens is 3. The van der Waals surface area contributed by atoms with Crippen LogP contribution >= 0.6 is 12.6 Å². The largest absolute Gasteiger partial charge is 0.416 e. The molecule has 2 amide bonds. The number of hydrogen-bond acceptors (Lipinski definition) is 2. The molecule has 1 saturated heterocycles. The summed E-state index contributed by atoms with van der Waals surface area (Å²) in [7, 11) is 0. The quantitative estimate of drug-likeness (QED) is 0.761. The molecular formula is C12H13F3N2OS. The molecule has 1 aromatic carbocycles. The predicted octanol–water partition coefficient (Wildman–Crippen LogP) is 3.59. The Hall–Kier alpha value is -1.37. The van der Waals surface area contributed by atoms with Gasteiger partial charge in [-0.3, -0.25) is 0 Å². The zero-order chi connectivity index (χ0) is 14.0. The number of anilines is 1. The molecule has 0 aromatic heterocycles. The van der Waals surface area contributed by atoms with Crippen molar-refractivity contribution in [2.45, 2.75) is 24.4 Å². The van der Waals surface area contributed by atoms with E-state index in [1.165, 1.54) is 17.0 Å². The summed E-state index contributed by atoms with van der Waals surface area (Å²) in [5.41, 5.74) is -0.651. The third kappa shape index (κ3) is 3.34. The molecule has 1 aliphatic heterocycles. The minimum absolute atomic E-state index is 0.132. The Bertz CT molecular complexity index is 478. The standard InChI is InChI=1S/C12H13F3N2OS/c13-12(14,15)8-3-1-4-9(7-8)16-11(18)17-6-2-5-10(17)19/h1,3-4,7,10,19H,2,5-6H2,(H,16,18). The van der Waals surface area contributed by atoms with E-state index in [0.29, 0.717) is 6.54 Å². The topological polar surface area (TPSA) is 32.3 Å². The molecule has 3 nitrogen and oxygen atoms in total. The molecule has 1 aliphatic rings. The summed E-state index contributed by atoms with van der Waals surface area (Å²) in [6.07, 6.45) is -2.77. The number of carbonyl (C=O) groups excluding carboxylic acids is 1. The molecule has 0 bridgehead atoms. The van der Waals surface area contributed by atoms with Gasteiger partial charge in [0.2, 0.25) is 0 Å². The molecular weight excluding hydrogens is 277 g/mol. The lowest BCUT2D eigenvalue weighted by Gasteiger charge is -2.21. The fraction of sp³-hybridized carbons (Fsp3) is 0.417. The van der Waals surface area contributed by atoms with E-state index in [-0.39, 0.29) is 11.1 Å². The average Bonchev–Trinajstić information content (AvgIpc) is 2.75. The predicted molar refractivity (Wildman–Crippen MR) is 69.2 cm³/mol. The lowest BCUT2D eigenvalue weighted by molar-refractivity contribution is -0.137. The molecule has 1 atom stereocenters. The Kier molecular flexibility index (Phi) is 3.93. The number of benzene rings is 1. The first-order valence-corrected chi connectivity index (χ1v) is 6.32. The Morgan fingerprint density at radius 3 is 2.74 bits per heavy atom. The van der Waals surface area contributed by atoms with E-state index in [1.807, 2.05) is 0 Å². The van der Waals surface area contributed by atoms with Gasteiger partial charge in [-0.15, -0.1) is 0 Å². The molecule has 104 valence electrons. The monoisotopic (exact) mass is 290 g/mol. The van der Waals surface area contributed by atoms with Crippen LogP contribution in [0.5, 0.6) is 0 Å². The maximum absolute atomic E-state index is 12.5. The molecule has 7 heteroatoms. The van der Waals surface area contributed by atoms with E-state index in [4.69, 9.17) is 0 Å². The van der Waals surface area contributed by atoms with Crippen molar-refractivity contribution in [2.24, 2.45) is 0 Å². The van der Waals surface area contributed by atoms with Crippen molar-refractivity contribution in [2.75, 3.05) is 11.9 Å². The van der Waals surface area contributed by atoms with Crippen LogP contribution in [0.15, 0.2) is 24.3 Å². The number of amides is 2. The number of rotatable bonds is 1. The number of alkyl halides is 3. The molecule has 1 heterocycles. The first-order valence-electron chi connectivity index (χ1n) is 5.81. The van der Waals surface area contributed by atoms with Gasteiger partial charge in [0.15, 0.2) is 0 Å². The molecule has 0 spiro atoms. The third-order valence-electron chi connectivity index (χ3n) is 2.92. The summed E-state index contributed by atoms with van der Waals surface area (Å²) in [6.45, 7) is 0.568. The molecule has 1 unspecified atom stereocenters. The normalized spacial score (nSPS) is 19.6. The number of urea groups is 1. The Morgan fingerprint density at radius 1 is 1.42 bits per heavy atom. The number of nitrogens with zero attached hydrogens (tertiary/aromatic N) is 1. The summed E-state index contributed by atoms with van der Waals surface area (Å²) >= 11 is 4.24. The van der Waals surface area contributed by atoms with Gasteiger partial charge in [-0.05, 0) is 31.0 Å². The fourth-order valence-corrected chi connectivity index (χ4v) is 2.36. The van der Waals surface area contributed by atoms with Crippen molar-refractivity contribution in [1.29, 1.82) is 0 Å². The van der Waals surface area contributed by atoms with Gasteiger partial charge in [0.1, 0.15) is 0 Å². The van der Waals surface area contributed by atoms with Gasteiger partial charge in [-0.25, -0.2) is 4.79 Å². The second-order valence-electron chi connectivity index (χ2n) is 4.32. The van der Waals surface area contributed by atoms with Crippen LogP contribution in [0.2, 0.25) is 0 Å². The summed E-state index contributed by atoms with van der Waals surface area (Å²) in [5.74, 6) is 0. The van der Waals surface area contributed by atoms with Gasteiger partial charge in [0.05, 0.1) is 10.9 Å². The van der Waals surface area contributed by atoms with Gasteiger partial charge in [-0.2, -0.15) is 25.8 Å². The van der Waals surface area contributed by atoms with E-state index in [1.54, 1.807) is 0 Å². The Labute approximate surface area is 114 Å². The van der Waals surface area contributed by atoms with Crippen LogP contribution in [-0.4, -0.2) is 22.8 Å². The van der Waals surface area contributed by atoms with E-state index in [9.17, 15) is 18.0 Å². The molecule has 1 aromatic rings. The molecule has 0 aliphatic carbocycles. The Balaban J connectivity index is 2.09. The molecule has 1 fully saturated rings. The summed E-state index contributed by atoms with van der Waals surface area (Å²) in [5, 5.41) is 2.29. The van der Waals surface area contributed by atoms with E-state index in [2.05, 4.69) is 17.9 Å². The number of nitrogens with one attached hydrogen (secondary N) is 1. The summed E-state index contributed by atoms with van der Waals surface area (Å²) in [4.78, 5) is 13.4. The number of carbonyl (C=O) groups is 1. The van der Waals surface area contributed by atoms with Crippen molar-refractivity contribution in [3.63, 3.8) is 0 Å². The van der Waals surface area contributed by atoms with Crippen molar-refractivity contribution in [3.05, 3.63) is 29.8 Å². The first kappa shape index (κ1) is 14.0. The molecule has 0 radical (unpaired) electrons. The average molecular weight is 290 g/mol.